The summed E-state index contributed by atoms with van der Waals surface area (Å²) in [5, 5.41) is 18.3. The average Bonchev–Trinajstić information content (AvgIpc) is 2.74. The summed E-state index contributed by atoms with van der Waals surface area (Å²) in [5.74, 6) is 0.148. The normalized spacial score (nSPS) is 12.6. The molecular formula is C10H18N4O2. The maximum atomic E-state index is 10.3. The number of aromatic amines is 1. The molecule has 1 aromatic heterocycles. The van der Waals surface area contributed by atoms with Crippen LogP contribution in [0.5, 0.6) is 0 Å². The van der Waals surface area contributed by atoms with E-state index in [0.29, 0.717) is 6.42 Å². The van der Waals surface area contributed by atoms with Gasteiger partial charge in [0.1, 0.15) is 12.2 Å². The van der Waals surface area contributed by atoms with Crippen LogP contribution in [0.4, 0.5) is 0 Å². The Morgan fingerprint density at radius 3 is 3.12 bits per heavy atom. The summed E-state index contributed by atoms with van der Waals surface area (Å²) in [5.41, 5.74) is 0. The van der Waals surface area contributed by atoms with Crippen LogP contribution in [0.25, 0.3) is 0 Å². The van der Waals surface area contributed by atoms with E-state index >= 15 is 0 Å². The van der Waals surface area contributed by atoms with Crippen molar-refractivity contribution >= 4 is 5.97 Å². The smallest absolute Gasteiger partial charge is 0.303 e. The van der Waals surface area contributed by atoms with Gasteiger partial charge in [0, 0.05) is 18.9 Å². The van der Waals surface area contributed by atoms with E-state index in [2.05, 4.69) is 20.5 Å². The third-order valence-electron chi connectivity index (χ3n) is 2.34. The molecule has 0 spiro atoms. The van der Waals surface area contributed by atoms with E-state index in [0.717, 1.165) is 25.2 Å². The van der Waals surface area contributed by atoms with Gasteiger partial charge in [-0.2, -0.15) is 5.10 Å². The number of nitrogens with zero attached hydrogens (tertiary/aromatic N) is 2. The first-order chi connectivity index (χ1) is 7.68. The second-order valence-corrected chi connectivity index (χ2v) is 3.82. The molecule has 1 rings (SSSR count). The summed E-state index contributed by atoms with van der Waals surface area (Å²) in [6.45, 7) is 2.86. The fourth-order valence-corrected chi connectivity index (χ4v) is 1.40. The van der Waals surface area contributed by atoms with E-state index in [4.69, 9.17) is 5.11 Å². The van der Waals surface area contributed by atoms with E-state index < -0.39 is 5.97 Å². The molecule has 1 unspecified atom stereocenters. The number of aryl methyl sites for hydroxylation is 1. The summed E-state index contributed by atoms with van der Waals surface area (Å²) in [6, 6.07) is 0.242. The number of nitrogens with one attached hydrogen (secondary N) is 2. The van der Waals surface area contributed by atoms with Crippen LogP contribution in [0.1, 0.15) is 32.0 Å². The molecule has 0 bridgehead atoms. The van der Waals surface area contributed by atoms with Gasteiger partial charge in [0.05, 0.1) is 0 Å². The van der Waals surface area contributed by atoms with Crippen LogP contribution in [0, 0.1) is 0 Å². The lowest BCUT2D eigenvalue weighted by Crippen LogP contribution is -2.27. The molecule has 0 aromatic carbocycles. The van der Waals surface area contributed by atoms with Gasteiger partial charge in [-0.15, -0.1) is 0 Å². The molecule has 0 aliphatic heterocycles. The Morgan fingerprint density at radius 2 is 2.50 bits per heavy atom. The molecule has 1 aromatic rings. The first-order valence-electron chi connectivity index (χ1n) is 5.48. The molecule has 0 fully saturated rings. The summed E-state index contributed by atoms with van der Waals surface area (Å²) in [6.07, 6.45) is 4.21. The summed E-state index contributed by atoms with van der Waals surface area (Å²) in [4.78, 5) is 14.4. The van der Waals surface area contributed by atoms with Crippen LogP contribution in [-0.4, -0.2) is 38.8 Å². The molecule has 0 radical (unpaired) electrons. The Morgan fingerprint density at radius 1 is 1.69 bits per heavy atom. The molecule has 6 nitrogen and oxygen atoms in total. The third kappa shape index (κ3) is 5.45. The number of carboxylic acid groups (broad SMARTS) is 1. The fraction of sp³-hybridized carbons (Fsp3) is 0.700. The molecule has 0 aliphatic carbocycles. The van der Waals surface area contributed by atoms with Crippen LogP contribution < -0.4 is 5.32 Å². The first kappa shape index (κ1) is 12.6. The molecule has 90 valence electrons. The number of H-pyrrole nitrogens is 1. The lowest BCUT2D eigenvalue weighted by molar-refractivity contribution is -0.137. The Balaban J connectivity index is 2.00. The Hall–Kier alpha value is -1.43. The van der Waals surface area contributed by atoms with Crippen molar-refractivity contribution < 1.29 is 9.90 Å². The topological polar surface area (TPSA) is 90.9 Å². The predicted octanol–water partition coefficient (Wildman–Crippen LogP) is 0.580. The molecule has 1 heterocycles. The van der Waals surface area contributed by atoms with Gasteiger partial charge in [-0.3, -0.25) is 9.89 Å². The number of aromatic nitrogens is 3. The minimum absolute atomic E-state index is 0.219. The van der Waals surface area contributed by atoms with E-state index in [9.17, 15) is 4.79 Å². The molecular weight excluding hydrogens is 208 g/mol. The van der Waals surface area contributed by atoms with Gasteiger partial charge in [-0.25, -0.2) is 4.98 Å². The second kappa shape index (κ2) is 6.95. The van der Waals surface area contributed by atoms with Crippen molar-refractivity contribution in [2.75, 3.05) is 6.54 Å². The van der Waals surface area contributed by atoms with Gasteiger partial charge in [0.15, 0.2) is 0 Å². The summed E-state index contributed by atoms with van der Waals surface area (Å²) in [7, 11) is 0. The Labute approximate surface area is 94.5 Å². The molecule has 0 saturated carbocycles. The molecule has 6 heteroatoms. The highest BCUT2D eigenvalue weighted by atomic mass is 16.4. The van der Waals surface area contributed by atoms with Crippen molar-refractivity contribution in [3.63, 3.8) is 0 Å². The number of carbonyl (C=O) groups is 1. The van der Waals surface area contributed by atoms with Crippen molar-refractivity contribution in [1.82, 2.24) is 20.5 Å². The largest absolute Gasteiger partial charge is 0.481 e. The molecule has 3 N–H and O–H groups in total. The van der Waals surface area contributed by atoms with Crippen LogP contribution in [0.2, 0.25) is 0 Å². The monoisotopic (exact) mass is 226 g/mol. The molecule has 16 heavy (non-hydrogen) atoms. The zero-order chi connectivity index (χ0) is 11.8. The maximum Gasteiger partial charge on any atom is 0.303 e. The standard InChI is InChI=1S/C10H18N4O2/c1-8(4-5-10(15)16)11-6-2-3-9-12-7-13-14-9/h7-8,11H,2-6H2,1H3,(H,15,16)(H,12,13,14). The average molecular weight is 226 g/mol. The first-order valence-corrected chi connectivity index (χ1v) is 5.48. The minimum atomic E-state index is -0.740. The fourth-order valence-electron chi connectivity index (χ4n) is 1.40. The quantitative estimate of drug-likeness (QED) is 0.564. The van der Waals surface area contributed by atoms with E-state index in [1.165, 1.54) is 6.33 Å². The van der Waals surface area contributed by atoms with Gasteiger partial charge >= 0.3 is 5.97 Å². The molecule has 0 aliphatic rings. The number of hydrogen-bond acceptors (Lipinski definition) is 4. The van der Waals surface area contributed by atoms with Crippen molar-refractivity contribution in [3.8, 4) is 0 Å². The van der Waals surface area contributed by atoms with Crippen LogP contribution in [0.3, 0.4) is 0 Å². The summed E-state index contributed by atoms with van der Waals surface area (Å²) < 4.78 is 0. The van der Waals surface area contributed by atoms with Crippen molar-refractivity contribution in [3.05, 3.63) is 12.2 Å². The van der Waals surface area contributed by atoms with E-state index in [-0.39, 0.29) is 12.5 Å². The van der Waals surface area contributed by atoms with E-state index in [1.54, 1.807) is 0 Å². The number of aliphatic carboxylic acids is 1. The van der Waals surface area contributed by atoms with Crippen LogP contribution in [-0.2, 0) is 11.2 Å². The minimum Gasteiger partial charge on any atom is -0.481 e. The number of hydrogen-bond donors (Lipinski definition) is 3. The zero-order valence-corrected chi connectivity index (χ0v) is 9.44. The van der Waals surface area contributed by atoms with Crippen molar-refractivity contribution in [2.45, 2.75) is 38.6 Å². The number of rotatable bonds is 8. The molecule has 1 atom stereocenters. The van der Waals surface area contributed by atoms with Crippen LogP contribution >= 0.6 is 0 Å². The van der Waals surface area contributed by atoms with Crippen LogP contribution in [0.15, 0.2) is 6.33 Å². The Kier molecular flexibility index (Phi) is 5.49. The van der Waals surface area contributed by atoms with Gasteiger partial charge in [0.25, 0.3) is 0 Å². The highest BCUT2D eigenvalue weighted by Gasteiger charge is 2.04. The molecule has 0 saturated heterocycles. The van der Waals surface area contributed by atoms with Gasteiger partial charge in [-0.05, 0) is 26.3 Å². The van der Waals surface area contributed by atoms with E-state index in [1.807, 2.05) is 6.92 Å². The lowest BCUT2D eigenvalue weighted by Gasteiger charge is -2.11. The zero-order valence-electron chi connectivity index (χ0n) is 9.44. The summed E-state index contributed by atoms with van der Waals surface area (Å²) >= 11 is 0. The van der Waals surface area contributed by atoms with Crippen molar-refractivity contribution in [2.24, 2.45) is 0 Å². The highest BCUT2D eigenvalue weighted by molar-refractivity contribution is 5.66. The number of carboxylic acids is 1. The van der Waals surface area contributed by atoms with Gasteiger partial charge in [-0.1, -0.05) is 0 Å². The SMILES string of the molecule is CC(CCC(=O)O)NCCCc1ncn[nH]1. The van der Waals surface area contributed by atoms with Crippen molar-refractivity contribution in [1.29, 1.82) is 0 Å². The van der Waals surface area contributed by atoms with Gasteiger partial charge in [0.2, 0.25) is 0 Å². The van der Waals surface area contributed by atoms with Gasteiger partial charge < -0.3 is 10.4 Å². The molecule has 0 amide bonds. The second-order valence-electron chi connectivity index (χ2n) is 3.82. The third-order valence-corrected chi connectivity index (χ3v) is 2.34. The predicted molar refractivity (Wildman–Crippen MR) is 59.0 cm³/mol. The Bertz CT molecular complexity index is 300. The highest BCUT2D eigenvalue weighted by Crippen LogP contribution is 1.97. The maximum absolute atomic E-state index is 10.3. The lowest BCUT2D eigenvalue weighted by atomic mass is 10.2.